The molecular formula is C22H23ClNO2+. The molecule has 0 saturated carbocycles. The highest BCUT2D eigenvalue weighted by Gasteiger charge is 2.33. The topological polar surface area (TPSA) is 46.1 Å². The van der Waals surface area contributed by atoms with E-state index in [2.05, 4.69) is 11.4 Å². The van der Waals surface area contributed by atoms with Crippen LogP contribution in [0, 0.1) is 0 Å². The van der Waals surface area contributed by atoms with Crippen molar-refractivity contribution in [3.63, 3.8) is 0 Å². The number of methoxy groups -OCH3 is 1. The van der Waals surface area contributed by atoms with Gasteiger partial charge in [0, 0.05) is 10.6 Å². The van der Waals surface area contributed by atoms with Crippen LogP contribution in [0.15, 0.2) is 78.9 Å². The molecule has 3 aromatic rings. The summed E-state index contributed by atoms with van der Waals surface area (Å²) in [4.78, 5) is 0. The average Bonchev–Trinajstić information content (AvgIpc) is 2.69. The van der Waals surface area contributed by atoms with Crippen LogP contribution in [0.3, 0.4) is 0 Å². The lowest BCUT2D eigenvalue weighted by Gasteiger charge is -2.28. The first kappa shape index (κ1) is 18.5. The number of halogens is 1. The standard InChI is InChI=1S/C22H22ClNO2/c1-26-21-9-5-6-17(14-21)15-24-16-22(25,18-7-3-2-4-8-18)19-10-12-20(23)13-11-19/h2-14,24-25H,15-16H2,1H3/p+1/t22-/m1/s1. The number of nitrogens with two attached hydrogens (primary N) is 1. The van der Waals surface area contributed by atoms with Gasteiger partial charge in [-0.15, -0.1) is 0 Å². The zero-order valence-corrected chi connectivity index (χ0v) is 15.5. The zero-order chi connectivity index (χ0) is 18.4. The molecule has 134 valence electrons. The number of benzene rings is 3. The van der Waals surface area contributed by atoms with Crippen molar-refractivity contribution in [2.45, 2.75) is 12.1 Å². The maximum absolute atomic E-state index is 11.5. The van der Waals surface area contributed by atoms with Crippen LogP contribution in [0.2, 0.25) is 5.02 Å². The number of ether oxygens (including phenoxy) is 1. The lowest BCUT2D eigenvalue weighted by molar-refractivity contribution is -0.682. The Hall–Kier alpha value is -2.33. The first-order valence-corrected chi connectivity index (χ1v) is 8.98. The molecule has 0 spiro atoms. The molecule has 0 fully saturated rings. The van der Waals surface area contributed by atoms with E-state index in [1.165, 1.54) is 0 Å². The molecule has 26 heavy (non-hydrogen) atoms. The molecule has 0 aliphatic carbocycles. The monoisotopic (exact) mass is 368 g/mol. The summed E-state index contributed by atoms with van der Waals surface area (Å²) in [6, 6.07) is 25.1. The van der Waals surface area contributed by atoms with Crippen LogP contribution in [-0.2, 0) is 12.1 Å². The maximum Gasteiger partial charge on any atom is 0.163 e. The first-order chi connectivity index (χ1) is 12.6. The van der Waals surface area contributed by atoms with Crippen molar-refractivity contribution < 1.29 is 15.2 Å². The third-order valence-corrected chi connectivity index (χ3v) is 4.78. The van der Waals surface area contributed by atoms with Gasteiger partial charge in [-0.05, 0) is 35.4 Å². The molecular weight excluding hydrogens is 346 g/mol. The Kier molecular flexibility index (Phi) is 5.94. The van der Waals surface area contributed by atoms with Gasteiger partial charge in [0.15, 0.2) is 5.60 Å². The van der Waals surface area contributed by atoms with Gasteiger partial charge in [-0.1, -0.05) is 66.2 Å². The highest BCUT2D eigenvalue weighted by molar-refractivity contribution is 6.30. The summed E-state index contributed by atoms with van der Waals surface area (Å²) in [6.07, 6.45) is 0. The number of hydrogen-bond acceptors (Lipinski definition) is 2. The Bertz CT molecular complexity index is 836. The lowest BCUT2D eigenvalue weighted by atomic mass is 9.86. The smallest absolute Gasteiger partial charge is 0.163 e. The molecule has 0 heterocycles. The fourth-order valence-electron chi connectivity index (χ4n) is 3.09. The number of quaternary nitrogens is 1. The van der Waals surface area contributed by atoms with Crippen LogP contribution in [0.25, 0.3) is 0 Å². The number of rotatable bonds is 7. The second-order valence-corrected chi connectivity index (χ2v) is 6.72. The van der Waals surface area contributed by atoms with Gasteiger partial charge in [0.05, 0.1) is 7.11 Å². The van der Waals surface area contributed by atoms with Crippen molar-refractivity contribution in [1.29, 1.82) is 0 Å². The first-order valence-electron chi connectivity index (χ1n) is 8.60. The summed E-state index contributed by atoms with van der Waals surface area (Å²) in [5, 5.41) is 14.3. The van der Waals surface area contributed by atoms with Gasteiger partial charge < -0.3 is 15.2 Å². The molecule has 0 aromatic heterocycles. The molecule has 0 saturated heterocycles. The van der Waals surface area contributed by atoms with Crippen molar-refractivity contribution in [3.8, 4) is 5.75 Å². The van der Waals surface area contributed by atoms with Crippen LogP contribution in [0.5, 0.6) is 5.75 Å². The zero-order valence-electron chi connectivity index (χ0n) is 14.7. The minimum absolute atomic E-state index is 0.496. The van der Waals surface area contributed by atoms with Crippen molar-refractivity contribution in [3.05, 3.63) is 101 Å². The van der Waals surface area contributed by atoms with E-state index in [9.17, 15) is 5.11 Å². The molecule has 0 bridgehead atoms. The van der Waals surface area contributed by atoms with Gasteiger partial charge in [0.1, 0.15) is 18.8 Å². The Morgan fingerprint density at radius 1 is 0.923 bits per heavy atom. The van der Waals surface area contributed by atoms with E-state index in [4.69, 9.17) is 16.3 Å². The summed E-state index contributed by atoms with van der Waals surface area (Å²) in [7, 11) is 1.66. The Balaban J connectivity index is 1.81. The van der Waals surface area contributed by atoms with E-state index < -0.39 is 5.60 Å². The van der Waals surface area contributed by atoms with Crippen molar-refractivity contribution in [2.24, 2.45) is 0 Å². The molecule has 0 aliphatic rings. The van der Waals surface area contributed by atoms with E-state index in [1.54, 1.807) is 7.11 Å². The van der Waals surface area contributed by atoms with Crippen molar-refractivity contribution >= 4 is 11.6 Å². The molecule has 3 rings (SSSR count). The van der Waals surface area contributed by atoms with Crippen LogP contribution >= 0.6 is 11.6 Å². The second kappa shape index (κ2) is 8.37. The SMILES string of the molecule is COc1cccc(C[NH2+]C[C@@](O)(c2ccccc2)c2ccc(Cl)cc2)c1. The number of hydrogen-bond donors (Lipinski definition) is 2. The Morgan fingerprint density at radius 2 is 1.62 bits per heavy atom. The predicted molar refractivity (Wildman–Crippen MR) is 104 cm³/mol. The molecule has 3 nitrogen and oxygen atoms in total. The minimum atomic E-state index is -1.09. The van der Waals surface area contributed by atoms with E-state index in [1.807, 2.05) is 72.8 Å². The van der Waals surface area contributed by atoms with E-state index in [-0.39, 0.29) is 0 Å². The molecule has 3 aromatic carbocycles. The normalized spacial score (nSPS) is 13.2. The summed E-state index contributed by atoms with van der Waals surface area (Å²) in [5.74, 6) is 0.840. The van der Waals surface area contributed by atoms with E-state index in [0.29, 0.717) is 11.6 Å². The lowest BCUT2D eigenvalue weighted by Crippen LogP contribution is -2.86. The van der Waals surface area contributed by atoms with Gasteiger partial charge >= 0.3 is 0 Å². The summed E-state index contributed by atoms with van der Waals surface area (Å²) in [6.45, 7) is 1.25. The molecule has 3 N–H and O–H groups in total. The fraction of sp³-hybridized carbons (Fsp3) is 0.182. The summed E-state index contributed by atoms with van der Waals surface area (Å²) < 4.78 is 5.28. The maximum atomic E-state index is 11.5. The highest BCUT2D eigenvalue weighted by Crippen LogP contribution is 2.29. The van der Waals surface area contributed by atoms with Crippen molar-refractivity contribution in [2.75, 3.05) is 13.7 Å². The molecule has 0 aliphatic heterocycles. The van der Waals surface area contributed by atoms with Crippen molar-refractivity contribution in [1.82, 2.24) is 0 Å². The predicted octanol–water partition coefficient (Wildman–Crippen LogP) is 3.35. The molecule has 0 radical (unpaired) electrons. The van der Waals surface area contributed by atoms with Gasteiger partial charge in [-0.3, -0.25) is 0 Å². The fourth-order valence-corrected chi connectivity index (χ4v) is 3.21. The van der Waals surface area contributed by atoms with Gasteiger partial charge in [0.2, 0.25) is 0 Å². The summed E-state index contributed by atoms with van der Waals surface area (Å²) >= 11 is 6.02. The minimum Gasteiger partial charge on any atom is -0.497 e. The molecule has 1 atom stereocenters. The molecule has 0 unspecified atom stereocenters. The van der Waals surface area contributed by atoms with Crippen LogP contribution < -0.4 is 10.1 Å². The molecule has 4 heteroatoms. The highest BCUT2D eigenvalue weighted by atomic mass is 35.5. The van der Waals surface area contributed by atoms with Gasteiger partial charge in [0.25, 0.3) is 0 Å². The van der Waals surface area contributed by atoms with Crippen LogP contribution in [0.1, 0.15) is 16.7 Å². The van der Waals surface area contributed by atoms with E-state index >= 15 is 0 Å². The van der Waals surface area contributed by atoms with Crippen LogP contribution in [-0.4, -0.2) is 18.8 Å². The second-order valence-electron chi connectivity index (χ2n) is 6.28. The molecule has 0 amide bonds. The quantitative estimate of drug-likeness (QED) is 0.671. The summed E-state index contributed by atoms with van der Waals surface area (Å²) in [5.41, 5.74) is 1.75. The number of aliphatic hydroxyl groups is 1. The third kappa shape index (κ3) is 4.25. The van der Waals surface area contributed by atoms with Crippen LogP contribution in [0.4, 0.5) is 0 Å². The largest absolute Gasteiger partial charge is 0.497 e. The Morgan fingerprint density at radius 3 is 2.31 bits per heavy atom. The third-order valence-electron chi connectivity index (χ3n) is 4.53. The Labute approximate surface area is 159 Å². The average molecular weight is 369 g/mol. The van der Waals surface area contributed by atoms with E-state index in [0.717, 1.165) is 29.0 Å². The van der Waals surface area contributed by atoms with Gasteiger partial charge in [-0.25, -0.2) is 0 Å². The van der Waals surface area contributed by atoms with Gasteiger partial charge in [-0.2, -0.15) is 0 Å².